The average molecular weight is 176 g/mol. The molecule has 0 saturated heterocycles. The standard InChI is InChI=1S/C7H16N2O3/c1-4-10-7(8-11-5-2)9-12-6-3/h4-6H2,1-3H3,(H,8,9). The summed E-state index contributed by atoms with van der Waals surface area (Å²) in [5, 5.41) is 3.63. The summed E-state index contributed by atoms with van der Waals surface area (Å²) in [6.07, 6.45) is 0. The molecule has 0 aliphatic rings. The molecule has 0 aromatic rings. The van der Waals surface area contributed by atoms with Gasteiger partial charge in [0.1, 0.15) is 6.61 Å². The zero-order valence-corrected chi connectivity index (χ0v) is 7.79. The molecule has 0 heterocycles. The molecule has 0 amide bonds. The maximum absolute atomic E-state index is 5.04. The van der Waals surface area contributed by atoms with Crippen molar-refractivity contribution in [3.8, 4) is 0 Å². The monoisotopic (exact) mass is 176 g/mol. The highest BCUT2D eigenvalue weighted by Gasteiger charge is 1.97. The lowest BCUT2D eigenvalue weighted by Gasteiger charge is -2.07. The summed E-state index contributed by atoms with van der Waals surface area (Å²) < 4.78 is 5.04. The molecule has 0 rings (SSSR count). The number of hydrogen-bond donors (Lipinski definition) is 1. The number of hydrogen-bond acceptors (Lipinski definition) is 4. The zero-order valence-electron chi connectivity index (χ0n) is 7.79. The maximum Gasteiger partial charge on any atom is 0.348 e. The summed E-state index contributed by atoms with van der Waals surface area (Å²) in [5.41, 5.74) is 2.51. The number of ether oxygens (including phenoxy) is 1. The third-order valence-corrected chi connectivity index (χ3v) is 0.861. The van der Waals surface area contributed by atoms with E-state index in [1.165, 1.54) is 0 Å². The summed E-state index contributed by atoms with van der Waals surface area (Å²) in [5.74, 6) is 0. The van der Waals surface area contributed by atoms with Crippen LogP contribution in [0.5, 0.6) is 0 Å². The Morgan fingerprint density at radius 2 is 1.92 bits per heavy atom. The molecule has 0 unspecified atom stereocenters. The molecule has 0 aromatic carbocycles. The first-order chi connectivity index (χ1) is 5.85. The first-order valence-corrected chi connectivity index (χ1v) is 4.05. The first kappa shape index (κ1) is 11.0. The van der Waals surface area contributed by atoms with Crippen LogP contribution in [0, 0.1) is 0 Å². The van der Waals surface area contributed by atoms with Gasteiger partial charge in [-0.05, 0) is 25.9 Å². The van der Waals surface area contributed by atoms with E-state index < -0.39 is 0 Å². The smallest absolute Gasteiger partial charge is 0.348 e. The highest BCUT2D eigenvalue weighted by molar-refractivity contribution is 5.71. The summed E-state index contributed by atoms with van der Waals surface area (Å²) in [7, 11) is 0. The van der Waals surface area contributed by atoms with Gasteiger partial charge in [0.2, 0.25) is 0 Å². The van der Waals surface area contributed by atoms with Gasteiger partial charge in [-0.25, -0.2) is 5.48 Å². The van der Waals surface area contributed by atoms with Gasteiger partial charge >= 0.3 is 6.02 Å². The van der Waals surface area contributed by atoms with Crippen LogP contribution in [0.1, 0.15) is 20.8 Å². The van der Waals surface area contributed by atoms with E-state index in [2.05, 4.69) is 10.6 Å². The van der Waals surface area contributed by atoms with Crippen molar-refractivity contribution in [2.45, 2.75) is 20.8 Å². The molecular formula is C7H16N2O3. The number of hydroxylamine groups is 1. The lowest BCUT2D eigenvalue weighted by Crippen LogP contribution is -2.26. The quantitative estimate of drug-likeness (QED) is 0.383. The normalized spacial score (nSPS) is 11.1. The molecule has 12 heavy (non-hydrogen) atoms. The highest BCUT2D eigenvalue weighted by Crippen LogP contribution is 1.82. The molecule has 0 aromatic heterocycles. The third kappa shape index (κ3) is 5.79. The molecule has 0 radical (unpaired) electrons. The Labute approximate surface area is 72.6 Å². The second kappa shape index (κ2) is 8.13. The molecular weight excluding hydrogens is 160 g/mol. The number of nitrogens with one attached hydrogen (secondary N) is 1. The van der Waals surface area contributed by atoms with Crippen LogP contribution in [-0.2, 0) is 14.4 Å². The summed E-state index contributed by atoms with van der Waals surface area (Å²) in [6, 6.07) is 0.251. The van der Waals surface area contributed by atoms with Crippen LogP contribution < -0.4 is 5.48 Å². The minimum absolute atomic E-state index is 0.251. The van der Waals surface area contributed by atoms with E-state index in [1.54, 1.807) is 0 Å². The van der Waals surface area contributed by atoms with E-state index in [9.17, 15) is 0 Å². The predicted molar refractivity (Wildman–Crippen MR) is 45.4 cm³/mol. The second-order valence-electron chi connectivity index (χ2n) is 1.78. The fraction of sp³-hybridized carbons (Fsp3) is 0.857. The van der Waals surface area contributed by atoms with Crippen molar-refractivity contribution in [3.05, 3.63) is 0 Å². The third-order valence-electron chi connectivity index (χ3n) is 0.861. The molecule has 0 fully saturated rings. The second-order valence-corrected chi connectivity index (χ2v) is 1.78. The van der Waals surface area contributed by atoms with E-state index in [1.807, 2.05) is 20.8 Å². The Morgan fingerprint density at radius 3 is 2.42 bits per heavy atom. The van der Waals surface area contributed by atoms with Crippen LogP contribution >= 0.6 is 0 Å². The Kier molecular flexibility index (Phi) is 7.47. The lowest BCUT2D eigenvalue weighted by molar-refractivity contribution is 0.0620. The van der Waals surface area contributed by atoms with Crippen LogP contribution in [0.3, 0.4) is 0 Å². The molecule has 5 heteroatoms. The minimum Gasteiger partial charge on any atom is -0.462 e. The SMILES string of the molecule is CCON=C(NOCC)OCC. The largest absolute Gasteiger partial charge is 0.462 e. The number of amidine groups is 1. The Balaban J connectivity index is 3.68. The van der Waals surface area contributed by atoms with Gasteiger partial charge in [-0.15, -0.1) is 0 Å². The van der Waals surface area contributed by atoms with Crippen molar-refractivity contribution >= 4 is 6.02 Å². The van der Waals surface area contributed by atoms with Crippen LogP contribution in [0.4, 0.5) is 0 Å². The van der Waals surface area contributed by atoms with Gasteiger partial charge < -0.3 is 9.57 Å². The molecule has 0 aliphatic heterocycles. The highest BCUT2D eigenvalue weighted by atomic mass is 16.7. The van der Waals surface area contributed by atoms with Crippen molar-refractivity contribution < 1.29 is 14.4 Å². The molecule has 0 bridgehead atoms. The Hall–Kier alpha value is -0.970. The summed E-state index contributed by atoms with van der Waals surface area (Å²) in [4.78, 5) is 9.63. The molecule has 1 N–H and O–H groups in total. The molecule has 0 atom stereocenters. The van der Waals surface area contributed by atoms with Crippen LogP contribution in [-0.4, -0.2) is 25.8 Å². The molecule has 72 valence electrons. The van der Waals surface area contributed by atoms with E-state index in [4.69, 9.17) is 14.4 Å². The van der Waals surface area contributed by atoms with Crippen LogP contribution in [0.2, 0.25) is 0 Å². The predicted octanol–water partition coefficient (Wildman–Crippen LogP) is 0.871. The first-order valence-electron chi connectivity index (χ1n) is 4.05. The Bertz CT molecular complexity index is 128. The van der Waals surface area contributed by atoms with Gasteiger partial charge in [0, 0.05) is 0 Å². The minimum atomic E-state index is 0.251. The Morgan fingerprint density at radius 1 is 1.17 bits per heavy atom. The van der Waals surface area contributed by atoms with E-state index in [-0.39, 0.29) is 6.02 Å². The average Bonchev–Trinajstić information content (AvgIpc) is 2.10. The van der Waals surface area contributed by atoms with Gasteiger partial charge in [-0.3, -0.25) is 4.84 Å². The van der Waals surface area contributed by atoms with Crippen molar-refractivity contribution in [3.63, 3.8) is 0 Å². The van der Waals surface area contributed by atoms with Crippen molar-refractivity contribution in [1.82, 2.24) is 5.48 Å². The van der Waals surface area contributed by atoms with Gasteiger partial charge in [-0.2, -0.15) is 0 Å². The fourth-order valence-corrected chi connectivity index (χ4v) is 0.468. The van der Waals surface area contributed by atoms with Crippen LogP contribution in [0.15, 0.2) is 5.16 Å². The summed E-state index contributed by atoms with van der Waals surface area (Å²) >= 11 is 0. The lowest BCUT2D eigenvalue weighted by atomic mass is 10.9. The number of oxime groups is 1. The van der Waals surface area contributed by atoms with Gasteiger partial charge in [0.25, 0.3) is 0 Å². The topological polar surface area (TPSA) is 52.1 Å². The fourth-order valence-electron chi connectivity index (χ4n) is 0.468. The van der Waals surface area contributed by atoms with Crippen molar-refractivity contribution in [2.75, 3.05) is 19.8 Å². The van der Waals surface area contributed by atoms with Crippen molar-refractivity contribution in [1.29, 1.82) is 0 Å². The molecule has 0 spiro atoms. The van der Waals surface area contributed by atoms with E-state index >= 15 is 0 Å². The summed E-state index contributed by atoms with van der Waals surface area (Å²) in [6.45, 7) is 7.12. The van der Waals surface area contributed by atoms with Gasteiger partial charge in [-0.1, -0.05) is 0 Å². The molecule has 5 nitrogen and oxygen atoms in total. The molecule has 0 saturated carbocycles. The van der Waals surface area contributed by atoms with E-state index in [0.29, 0.717) is 19.8 Å². The molecule has 0 aliphatic carbocycles. The number of nitrogens with zero attached hydrogens (tertiary/aromatic N) is 1. The van der Waals surface area contributed by atoms with Crippen LogP contribution in [0.25, 0.3) is 0 Å². The van der Waals surface area contributed by atoms with Gasteiger partial charge in [0.05, 0.1) is 13.2 Å². The van der Waals surface area contributed by atoms with Crippen molar-refractivity contribution in [2.24, 2.45) is 5.16 Å². The number of rotatable bonds is 5. The van der Waals surface area contributed by atoms with Gasteiger partial charge in [0.15, 0.2) is 0 Å². The zero-order chi connectivity index (χ0) is 9.23. The maximum atomic E-state index is 5.04. The van der Waals surface area contributed by atoms with E-state index in [0.717, 1.165) is 0 Å².